The van der Waals surface area contributed by atoms with Gasteiger partial charge in [0.2, 0.25) is 0 Å². The zero-order chi connectivity index (χ0) is 10.1. The third-order valence-corrected chi connectivity index (χ3v) is 2.32. The Kier molecular flexibility index (Phi) is 2.13. The highest BCUT2D eigenvalue weighted by atomic mass is 16.3. The van der Waals surface area contributed by atoms with Crippen molar-refractivity contribution in [2.45, 2.75) is 13.0 Å². The van der Waals surface area contributed by atoms with E-state index < -0.39 is 0 Å². The molecule has 74 valence electrons. The Bertz CT molecular complexity index is 498. The lowest BCUT2D eigenvalue weighted by atomic mass is 10.2. The first-order valence-electron chi connectivity index (χ1n) is 4.54. The van der Waals surface area contributed by atoms with Crippen LogP contribution in [0, 0.1) is 0 Å². The van der Waals surface area contributed by atoms with Gasteiger partial charge in [0.05, 0.1) is 23.6 Å². The molecule has 4 nitrogen and oxygen atoms in total. The fraction of sp³-hybridized carbons (Fsp3) is 0.300. The van der Waals surface area contributed by atoms with E-state index >= 15 is 0 Å². The fourth-order valence-electron chi connectivity index (χ4n) is 1.47. The van der Waals surface area contributed by atoms with E-state index in [9.17, 15) is 4.79 Å². The number of hydrogen-bond acceptors (Lipinski definition) is 2. The van der Waals surface area contributed by atoms with Crippen molar-refractivity contribution in [3.8, 4) is 0 Å². The molecule has 2 N–H and O–H groups in total. The highest BCUT2D eigenvalue weighted by molar-refractivity contribution is 5.77. The number of para-hydroxylation sites is 1. The van der Waals surface area contributed by atoms with E-state index in [-0.39, 0.29) is 18.2 Å². The highest BCUT2D eigenvalue weighted by Crippen LogP contribution is 2.08. The molecule has 4 heteroatoms. The Morgan fingerprint density at radius 2 is 2.21 bits per heavy atom. The third kappa shape index (κ3) is 1.24. The lowest BCUT2D eigenvalue weighted by Crippen LogP contribution is -2.22. The summed E-state index contributed by atoms with van der Waals surface area (Å²) in [6.07, 6.45) is 0. The molecule has 1 atom stereocenters. The first-order valence-corrected chi connectivity index (χ1v) is 4.54. The molecule has 2 rings (SSSR count). The summed E-state index contributed by atoms with van der Waals surface area (Å²) in [6, 6.07) is 7.10. The summed E-state index contributed by atoms with van der Waals surface area (Å²) in [6.45, 7) is 1.74. The van der Waals surface area contributed by atoms with Crippen molar-refractivity contribution in [3.05, 3.63) is 34.6 Å². The van der Waals surface area contributed by atoms with Crippen LogP contribution in [0.3, 0.4) is 0 Å². The summed E-state index contributed by atoms with van der Waals surface area (Å²) in [7, 11) is 0. The number of nitrogens with zero attached hydrogens (tertiary/aromatic N) is 1. The molecule has 0 spiro atoms. The average Bonchev–Trinajstić information content (AvgIpc) is 2.56. The molecule has 0 saturated heterocycles. The van der Waals surface area contributed by atoms with Gasteiger partial charge in [0.1, 0.15) is 0 Å². The molecule has 1 heterocycles. The van der Waals surface area contributed by atoms with Crippen LogP contribution in [-0.4, -0.2) is 21.5 Å². The molecule has 0 bridgehead atoms. The molecular formula is C10H12N2O2. The largest absolute Gasteiger partial charge is 0.394 e. The van der Waals surface area contributed by atoms with Crippen molar-refractivity contribution in [1.29, 1.82) is 0 Å². The SMILES string of the molecule is CC(CO)n1[nH]c2ccccc2c1=O. The van der Waals surface area contributed by atoms with E-state index in [1.165, 1.54) is 4.68 Å². The summed E-state index contributed by atoms with van der Waals surface area (Å²) >= 11 is 0. The van der Waals surface area contributed by atoms with E-state index in [0.717, 1.165) is 5.52 Å². The van der Waals surface area contributed by atoms with Crippen LogP contribution in [0.1, 0.15) is 13.0 Å². The van der Waals surface area contributed by atoms with E-state index in [4.69, 9.17) is 5.11 Å². The van der Waals surface area contributed by atoms with Crippen LogP contribution in [-0.2, 0) is 0 Å². The van der Waals surface area contributed by atoms with Crippen LogP contribution < -0.4 is 5.56 Å². The minimum absolute atomic E-state index is 0.0489. The van der Waals surface area contributed by atoms with Crippen molar-refractivity contribution < 1.29 is 5.11 Å². The number of benzene rings is 1. The van der Waals surface area contributed by atoms with Gasteiger partial charge in [-0.25, -0.2) is 4.68 Å². The molecule has 0 aliphatic heterocycles. The lowest BCUT2D eigenvalue weighted by Gasteiger charge is -2.06. The quantitative estimate of drug-likeness (QED) is 0.742. The monoisotopic (exact) mass is 192 g/mol. The van der Waals surface area contributed by atoms with Gasteiger partial charge in [-0.05, 0) is 19.1 Å². The Labute approximate surface area is 80.8 Å². The molecule has 0 aliphatic rings. The molecule has 2 aromatic rings. The highest BCUT2D eigenvalue weighted by Gasteiger charge is 2.10. The molecule has 0 saturated carbocycles. The second-order valence-electron chi connectivity index (χ2n) is 3.36. The van der Waals surface area contributed by atoms with Crippen LogP contribution in [0.25, 0.3) is 10.9 Å². The predicted molar refractivity (Wildman–Crippen MR) is 54.4 cm³/mol. The Balaban J connectivity index is 2.69. The molecule has 0 fully saturated rings. The summed E-state index contributed by atoms with van der Waals surface area (Å²) in [5.74, 6) is 0. The first-order chi connectivity index (χ1) is 6.74. The summed E-state index contributed by atoms with van der Waals surface area (Å²) in [4.78, 5) is 11.7. The van der Waals surface area contributed by atoms with E-state index in [1.807, 2.05) is 18.2 Å². The van der Waals surface area contributed by atoms with Gasteiger partial charge in [-0.2, -0.15) is 0 Å². The van der Waals surface area contributed by atoms with Crippen LogP contribution in [0.5, 0.6) is 0 Å². The maximum absolute atomic E-state index is 11.7. The molecule has 0 radical (unpaired) electrons. The van der Waals surface area contributed by atoms with Crippen molar-refractivity contribution in [1.82, 2.24) is 9.78 Å². The van der Waals surface area contributed by atoms with E-state index in [2.05, 4.69) is 5.10 Å². The molecule has 14 heavy (non-hydrogen) atoms. The molecule has 1 aromatic carbocycles. The number of rotatable bonds is 2. The molecule has 1 aromatic heterocycles. The molecule has 0 amide bonds. The van der Waals surface area contributed by atoms with Gasteiger partial charge in [0.25, 0.3) is 5.56 Å². The Hall–Kier alpha value is -1.55. The van der Waals surface area contributed by atoms with E-state index in [1.54, 1.807) is 13.0 Å². The second-order valence-corrected chi connectivity index (χ2v) is 3.36. The minimum Gasteiger partial charge on any atom is -0.394 e. The molecular weight excluding hydrogens is 180 g/mol. The number of fused-ring (bicyclic) bond motifs is 1. The lowest BCUT2D eigenvalue weighted by molar-refractivity contribution is 0.228. The predicted octanol–water partition coefficient (Wildman–Crippen LogP) is 0.883. The van der Waals surface area contributed by atoms with Crippen molar-refractivity contribution in [3.63, 3.8) is 0 Å². The van der Waals surface area contributed by atoms with Crippen LogP contribution in [0.4, 0.5) is 0 Å². The fourth-order valence-corrected chi connectivity index (χ4v) is 1.47. The first kappa shape index (κ1) is 9.02. The van der Waals surface area contributed by atoms with Gasteiger partial charge in [-0.1, -0.05) is 12.1 Å². The van der Waals surface area contributed by atoms with E-state index in [0.29, 0.717) is 5.39 Å². The standard InChI is InChI=1S/C10H12N2O2/c1-7(6-13)12-10(14)8-4-2-3-5-9(8)11-12/h2-5,7,11,13H,6H2,1H3. The summed E-state index contributed by atoms with van der Waals surface area (Å²) in [5.41, 5.74) is 0.722. The minimum atomic E-state index is -0.213. The van der Waals surface area contributed by atoms with Gasteiger partial charge in [0, 0.05) is 0 Å². The normalized spacial score (nSPS) is 13.3. The van der Waals surface area contributed by atoms with Crippen LogP contribution in [0.2, 0.25) is 0 Å². The van der Waals surface area contributed by atoms with Gasteiger partial charge in [-0.3, -0.25) is 9.89 Å². The number of aliphatic hydroxyl groups is 1. The average molecular weight is 192 g/mol. The van der Waals surface area contributed by atoms with Crippen molar-refractivity contribution in [2.24, 2.45) is 0 Å². The van der Waals surface area contributed by atoms with Crippen molar-refractivity contribution in [2.75, 3.05) is 6.61 Å². The maximum Gasteiger partial charge on any atom is 0.274 e. The summed E-state index contributed by atoms with van der Waals surface area (Å²) in [5, 5.41) is 12.6. The number of aromatic nitrogens is 2. The van der Waals surface area contributed by atoms with Crippen molar-refractivity contribution >= 4 is 10.9 Å². The number of H-pyrrole nitrogens is 1. The number of aromatic amines is 1. The Morgan fingerprint density at radius 1 is 1.50 bits per heavy atom. The number of aliphatic hydroxyl groups excluding tert-OH is 1. The zero-order valence-corrected chi connectivity index (χ0v) is 7.90. The smallest absolute Gasteiger partial charge is 0.274 e. The third-order valence-electron chi connectivity index (χ3n) is 2.32. The maximum atomic E-state index is 11.7. The summed E-state index contributed by atoms with van der Waals surface area (Å²) < 4.78 is 1.45. The second kappa shape index (κ2) is 3.31. The van der Waals surface area contributed by atoms with Gasteiger partial charge in [0.15, 0.2) is 0 Å². The number of hydrogen-bond donors (Lipinski definition) is 2. The van der Waals surface area contributed by atoms with Crippen LogP contribution >= 0.6 is 0 Å². The van der Waals surface area contributed by atoms with Gasteiger partial charge in [-0.15, -0.1) is 0 Å². The van der Waals surface area contributed by atoms with Gasteiger partial charge < -0.3 is 5.11 Å². The molecule has 0 aliphatic carbocycles. The Morgan fingerprint density at radius 3 is 2.86 bits per heavy atom. The van der Waals surface area contributed by atoms with Gasteiger partial charge >= 0.3 is 0 Å². The topological polar surface area (TPSA) is 58.0 Å². The molecule has 1 unspecified atom stereocenters. The van der Waals surface area contributed by atoms with Crippen LogP contribution in [0.15, 0.2) is 29.1 Å². The number of nitrogens with one attached hydrogen (secondary N) is 1. The zero-order valence-electron chi connectivity index (χ0n) is 7.90.